The number of thioether (sulfide) groups is 1. The molecule has 4 rings (SSSR count). The molecule has 0 spiro atoms. The molecule has 7 nitrogen and oxygen atoms in total. The van der Waals surface area contributed by atoms with Crippen LogP contribution in [-0.4, -0.2) is 53.7 Å². The Morgan fingerprint density at radius 1 is 1.06 bits per heavy atom. The van der Waals surface area contributed by atoms with Gasteiger partial charge in [0, 0.05) is 18.4 Å². The maximum atomic E-state index is 13.4. The van der Waals surface area contributed by atoms with Gasteiger partial charge in [0.2, 0.25) is 5.91 Å². The van der Waals surface area contributed by atoms with E-state index in [0.29, 0.717) is 34.4 Å². The van der Waals surface area contributed by atoms with Crippen LogP contribution in [-0.2, 0) is 19.1 Å². The number of hydrogen-bond acceptors (Lipinski definition) is 6. The second kappa shape index (κ2) is 9.23. The highest BCUT2D eigenvalue weighted by Crippen LogP contribution is 2.44. The van der Waals surface area contributed by atoms with Crippen LogP contribution in [0.5, 0.6) is 0 Å². The number of thiocarbonyl (C=S) groups is 1. The van der Waals surface area contributed by atoms with Gasteiger partial charge in [0.05, 0.1) is 29.3 Å². The van der Waals surface area contributed by atoms with E-state index in [0.717, 1.165) is 17.3 Å². The molecule has 164 valence electrons. The van der Waals surface area contributed by atoms with Crippen molar-refractivity contribution >= 4 is 63.0 Å². The zero-order chi connectivity index (χ0) is 22.8. The Morgan fingerprint density at radius 2 is 1.78 bits per heavy atom. The molecule has 0 unspecified atom stereocenters. The number of para-hydroxylation sites is 1. The standard InChI is InChI=1S/C23H21N3O4S2/c1-14-7-9-15(10-8-14)24-18(27)13-26-17-6-4-3-5-16(17)19(21(26)28)20-22(29)25(11-12-30-2)23(31)32-20/h3-10H,11-13H2,1-2H3,(H,24,27)/b20-19+. The van der Waals surface area contributed by atoms with Gasteiger partial charge in [0.25, 0.3) is 11.8 Å². The van der Waals surface area contributed by atoms with E-state index >= 15 is 0 Å². The molecule has 2 aliphatic rings. The fourth-order valence-electron chi connectivity index (χ4n) is 3.56. The Labute approximate surface area is 195 Å². The van der Waals surface area contributed by atoms with E-state index < -0.39 is 5.91 Å². The number of ether oxygens (including phenoxy) is 1. The lowest BCUT2D eigenvalue weighted by Crippen LogP contribution is -2.35. The van der Waals surface area contributed by atoms with Crippen molar-refractivity contribution in [2.24, 2.45) is 0 Å². The number of amides is 3. The van der Waals surface area contributed by atoms with Crippen LogP contribution in [0.25, 0.3) is 5.57 Å². The van der Waals surface area contributed by atoms with Gasteiger partial charge in [-0.3, -0.25) is 24.2 Å². The van der Waals surface area contributed by atoms with Crippen molar-refractivity contribution in [3.63, 3.8) is 0 Å². The number of carbonyl (C=O) groups is 3. The number of methoxy groups -OCH3 is 1. The molecule has 2 aliphatic heterocycles. The zero-order valence-corrected chi connectivity index (χ0v) is 19.2. The predicted octanol–water partition coefficient (Wildman–Crippen LogP) is 3.20. The molecule has 0 aliphatic carbocycles. The minimum Gasteiger partial charge on any atom is -0.383 e. The van der Waals surface area contributed by atoms with Gasteiger partial charge in [0.1, 0.15) is 10.9 Å². The van der Waals surface area contributed by atoms with Crippen LogP contribution in [0.1, 0.15) is 11.1 Å². The van der Waals surface area contributed by atoms with Gasteiger partial charge in [-0.1, -0.05) is 59.9 Å². The van der Waals surface area contributed by atoms with Crippen LogP contribution in [0.4, 0.5) is 11.4 Å². The Morgan fingerprint density at radius 3 is 2.50 bits per heavy atom. The Bertz CT molecular complexity index is 1140. The molecule has 2 heterocycles. The first-order valence-electron chi connectivity index (χ1n) is 9.95. The first kappa shape index (κ1) is 22.2. The molecule has 0 saturated carbocycles. The summed E-state index contributed by atoms with van der Waals surface area (Å²) in [4.78, 5) is 42.2. The van der Waals surface area contributed by atoms with Crippen molar-refractivity contribution in [2.45, 2.75) is 6.92 Å². The summed E-state index contributed by atoms with van der Waals surface area (Å²) < 4.78 is 5.44. The number of hydrogen-bond donors (Lipinski definition) is 1. The number of anilines is 2. The van der Waals surface area contributed by atoms with Gasteiger partial charge in [-0.25, -0.2) is 0 Å². The summed E-state index contributed by atoms with van der Waals surface area (Å²) in [7, 11) is 1.55. The predicted molar refractivity (Wildman–Crippen MR) is 129 cm³/mol. The van der Waals surface area contributed by atoms with Crippen molar-refractivity contribution in [2.75, 3.05) is 37.0 Å². The van der Waals surface area contributed by atoms with E-state index in [1.165, 1.54) is 9.80 Å². The molecule has 0 atom stereocenters. The normalized spacial score (nSPS) is 17.9. The summed E-state index contributed by atoms with van der Waals surface area (Å²) in [5, 5.41) is 2.81. The Balaban J connectivity index is 1.62. The molecule has 2 aromatic carbocycles. The van der Waals surface area contributed by atoms with Gasteiger partial charge in [-0.2, -0.15) is 0 Å². The average Bonchev–Trinajstić information content (AvgIpc) is 3.20. The lowest BCUT2D eigenvalue weighted by atomic mass is 10.1. The molecule has 0 bridgehead atoms. The third-order valence-corrected chi connectivity index (χ3v) is 6.60. The maximum absolute atomic E-state index is 13.4. The lowest BCUT2D eigenvalue weighted by molar-refractivity contribution is -0.122. The van der Waals surface area contributed by atoms with E-state index in [4.69, 9.17) is 17.0 Å². The average molecular weight is 468 g/mol. The van der Waals surface area contributed by atoms with Gasteiger partial charge in [-0.05, 0) is 25.1 Å². The second-order valence-corrected chi connectivity index (χ2v) is 8.99. The van der Waals surface area contributed by atoms with E-state index in [2.05, 4.69) is 5.32 Å². The third kappa shape index (κ3) is 4.19. The highest BCUT2D eigenvalue weighted by molar-refractivity contribution is 8.26. The number of rotatable bonds is 6. The number of fused-ring (bicyclic) bond motifs is 1. The van der Waals surface area contributed by atoms with Crippen LogP contribution in [0.15, 0.2) is 53.4 Å². The van der Waals surface area contributed by atoms with Crippen molar-refractivity contribution < 1.29 is 19.1 Å². The van der Waals surface area contributed by atoms with Crippen LogP contribution in [0.3, 0.4) is 0 Å². The number of nitrogens with one attached hydrogen (secondary N) is 1. The molecule has 0 radical (unpaired) electrons. The molecule has 9 heteroatoms. The quantitative estimate of drug-likeness (QED) is 0.519. The molecular weight excluding hydrogens is 446 g/mol. The Hall–Kier alpha value is -3.01. The molecule has 32 heavy (non-hydrogen) atoms. The van der Waals surface area contributed by atoms with Crippen LogP contribution in [0, 0.1) is 6.92 Å². The van der Waals surface area contributed by atoms with Crippen LogP contribution >= 0.6 is 24.0 Å². The third-order valence-electron chi connectivity index (χ3n) is 5.16. The minimum absolute atomic E-state index is 0.169. The van der Waals surface area contributed by atoms with Gasteiger partial charge in [-0.15, -0.1) is 0 Å². The topological polar surface area (TPSA) is 79.0 Å². The largest absolute Gasteiger partial charge is 0.383 e. The van der Waals surface area contributed by atoms with Crippen LogP contribution in [0.2, 0.25) is 0 Å². The van der Waals surface area contributed by atoms with Crippen molar-refractivity contribution in [3.05, 3.63) is 64.6 Å². The molecule has 2 aromatic rings. The molecule has 3 amide bonds. The summed E-state index contributed by atoms with van der Waals surface area (Å²) in [5.74, 6) is -1.04. The number of carbonyl (C=O) groups excluding carboxylic acids is 3. The van der Waals surface area contributed by atoms with Gasteiger partial charge >= 0.3 is 0 Å². The molecule has 1 saturated heterocycles. The first-order valence-corrected chi connectivity index (χ1v) is 11.2. The second-order valence-electron chi connectivity index (χ2n) is 7.34. The SMILES string of the molecule is COCCN1C(=O)/C(=C2\C(=O)N(CC(=O)Nc3ccc(C)cc3)c3ccccc32)SC1=S. The highest BCUT2D eigenvalue weighted by Gasteiger charge is 2.42. The number of nitrogens with zero attached hydrogens (tertiary/aromatic N) is 2. The maximum Gasteiger partial charge on any atom is 0.267 e. The van der Waals surface area contributed by atoms with Crippen LogP contribution < -0.4 is 10.2 Å². The zero-order valence-electron chi connectivity index (χ0n) is 17.6. The number of benzene rings is 2. The highest BCUT2D eigenvalue weighted by atomic mass is 32.2. The number of aryl methyl sites for hydroxylation is 1. The Kier molecular flexibility index (Phi) is 6.40. The monoisotopic (exact) mass is 467 g/mol. The van der Waals surface area contributed by atoms with E-state index in [9.17, 15) is 14.4 Å². The fourth-order valence-corrected chi connectivity index (χ4v) is 4.94. The molecule has 1 fully saturated rings. The van der Waals surface area contributed by atoms with E-state index in [1.54, 1.807) is 31.4 Å². The summed E-state index contributed by atoms with van der Waals surface area (Å²) in [5.41, 5.74) is 3.22. The van der Waals surface area contributed by atoms with Crippen molar-refractivity contribution in [1.29, 1.82) is 0 Å². The summed E-state index contributed by atoms with van der Waals surface area (Å²) in [6, 6.07) is 14.6. The van der Waals surface area contributed by atoms with Crippen molar-refractivity contribution in [1.82, 2.24) is 4.90 Å². The van der Waals surface area contributed by atoms with Gasteiger partial charge in [0.15, 0.2) is 0 Å². The summed E-state index contributed by atoms with van der Waals surface area (Å²) in [6.07, 6.45) is 0. The minimum atomic E-state index is -0.391. The molecule has 1 N–H and O–H groups in total. The van der Waals surface area contributed by atoms with E-state index in [-0.39, 0.29) is 28.8 Å². The summed E-state index contributed by atoms with van der Waals surface area (Å²) >= 11 is 6.46. The summed E-state index contributed by atoms with van der Waals surface area (Å²) in [6.45, 7) is 2.45. The lowest BCUT2D eigenvalue weighted by Gasteiger charge is -2.17. The fraction of sp³-hybridized carbons (Fsp3) is 0.217. The first-order chi connectivity index (χ1) is 15.4. The van der Waals surface area contributed by atoms with E-state index in [1.807, 2.05) is 31.2 Å². The molecular formula is C23H21N3O4S2. The smallest absolute Gasteiger partial charge is 0.267 e. The van der Waals surface area contributed by atoms with Crippen molar-refractivity contribution in [3.8, 4) is 0 Å². The van der Waals surface area contributed by atoms with Gasteiger partial charge < -0.3 is 10.1 Å². The molecule has 0 aromatic heterocycles.